The molecule has 2 atom stereocenters. The molecule has 0 amide bonds. The average Bonchev–Trinajstić information content (AvgIpc) is 2.69. The lowest BCUT2D eigenvalue weighted by Gasteiger charge is -2.20. The van der Waals surface area contributed by atoms with Crippen LogP contribution in [0.15, 0.2) is 54.7 Å². The quantitative estimate of drug-likeness (QED) is 0.486. The zero-order chi connectivity index (χ0) is 19.6. The lowest BCUT2D eigenvalue weighted by Crippen LogP contribution is -2.21. The highest BCUT2D eigenvalue weighted by atomic mass is 35.5. The van der Waals surface area contributed by atoms with Crippen LogP contribution in [0.25, 0.3) is 11.1 Å². The molecule has 156 valence electrons. The molecule has 0 radical (unpaired) electrons. The van der Waals surface area contributed by atoms with Gasteiger partial charge in [0.1, 0.15) is 23.4 Å². The fourth-order valence-electron chi connectivity index (χ4n) is 2.70. The molecule has 3 aromatic rings. The first-order chi connectivity index (χ1) is 12.9. The van der Waals surface area contributed by atoms with Gasteiger partial charge in [-0.25, -0.2) is 4.39 Å². The molecular weight excluding hydrogens is 461 g/mol. The van der Waals surface area contributed by atoms with Crippen LogP contribution >= 0.6 is 48.0 Å². The molecule has 2 aromatic carbocycles. The second-order valence-corrected chi connectivity index (χ2v) is 6.78. The molecule has 0 aliphatic heterocycles. The Labute approximate surface area is 190 Å². The van der Waals surface area contributed by atoms with E-state index in [0.29, 0.717) is 26.9 Å². The summed E-state index contributed by atoms with van der Waals surface area (Å²) in [6, 6.07) is 12.3. The van der Waals surface area contributed by atoms with Crippen LogP contribution in [-0.4, -0.2) is 17.2 Å². The number of halogens is 5. The topological polar surface area (TPSA) is 68.4 Å². The number of nitrogens with two attached hydrogens (primary N) is 1. The van der Waals surface area contributed by atoms with Crippen molar-refractivity contribution in [3.63, 3.8) is 0 Å². The lowest BCUT2D eigenvalue weighted by molar-refractivity contribution is 0.137. The van der Waals surface area contributed by atoms with Crippen LogP contribution in [0.3, 0.4) is 0 Å². The fraction of sp³-hybridized carbons (Fsp3) is 0.150. The molecule has 0 aliphatic rings. The van der Waals surface area contributed by atoms with Crippen LogP contribution in [0.5, 0.6) is 5.75 Å². The molecule has 0 aliphatic carbocycles. The summed E-state index contributed by atoms with van der Waals surface area (Å²) in [5, 5.41) is 11.2. The van der Waals surface area contributed by atoms with Crippen LogP contribution in [-0.2, 0) is 0 Å². The van der Waals surface area contributed by atoms with Gasteiger partial charge in [-0.1, -0.05) is 41.4 Å². The third-order valence-electron chi connectivity index (χ3n) is 4.22. The van der Waals surface area contributed by atoms with Crippen LogP contribution < -0.4 is 10.5 Å². The van der Waals surface area contributed by atoms with Crippen molar-refractivity contribution in [2.75, 3.05) is 7.11 Å². The minimum Gasteiger partial charge on any atom is -0.497 e. The number of aliphatic hydroxyl groups excluding tert-OH is 1. The monoisotopic (exact) mass is 478 g/mol. The van der Waals surface area contributed by atoms with E-state index in [4.69, 9.17) is 33.7 Å². The van der Waals surface area contributed by atoms with Crippen LogP contribution in [0, 0.1) is 5.82 Å². The minimum atomic E-state index is -1.35. The van der Waals surface area contributed by atoms with Crippen LogP contribution in [0.2, 0.25) is 10.0 Å². The summed E-state index contributed by atoms with van der Waals surface area (Å²) in [6.45, 7) is 0. The molecule has 2 unspecified atom stereocenters. The van der Waals surface area contributed by atoms with E-state index in [9.17, 15) is 9.50 Å². The molecule has 3 rings (SSSR count). The van der Waals surface area contributed by atoms with Gasteiger partial charge in [0.2, 0.25) is 0 Å². The number of hydrogen-bond donors (Lipinski definition) is 2. The van der Waals surface area contributed by atoms with Gasteiger partial charge in [-0.15, -0.1) is 24.8 Å². The highest BCUT2D eigenvalue weighted by Crippen LogP contribution is 2.32. The molecular formula is C20H19Cl4FN2O2. The molecule has 0 saturated carbocycles. The third-order valence-corrected chi connectivity index (χ3v) is 4.96. The van der Waals surface area contributed by atoms with Gasteiger partial charge >= 0.3 is 0 Å². The van der Waals surface area contributed by atoms with Gasteiger partial charge in [0.25, 0.3) is 0 Å². The summed E-state index contributed by atoms with van der Waals surface area (Å²) in [4.78, 5) is 4.09. The van der Waals surface area contributed by atoms with Gasteiger partial charge in [-0.05, 0) is 41.5 Å². The highest BCUT2D eigenvalue weighted by molar-refractivity contribution is 6.42. The van der Waals surface area contributed by atoms with Gasteiger partial charge in [0.05, 0.1) is 23.2 Å². The predicted molar refractivity (Wildman–Crippen MR) is 119 cm³/mol. The Morgan fingerprint density at radius 1 is 1.03 bits per heavy atom. The molecule has 3 N–H and O–H groups in total. The Balaban J connectivity index is 0.00000210. The molecule has 0 saturated heterocycles. The lowest BCUT2D eigenvalue weighted by atomic mass is 9.98. The number of ether oxygens (including phenoxy) is 1. The highest BCUT2D eigenvalue weighted by Gasteiger charge is 2.24. The number of aromatic nitrogens is 1. The SMILES string of the molecule is COc1cccc(-c2cnc(C(O)C(N)c3ccc(Cl)c(Cl)c3)c(F)c2)c1.Cl.Cl. The van der Waals surface area contributed by atoms with Gasteiger partial charge < -0.3 is 15.6 Å². The van der Waals surface area contributed by atoms with Crippen molar-refractivity contribution in [1.82, 2.24) is 4.98 Å². The van der Waals surface area contributed by atoms with E-state index in [2.05, 4.69) is 4.98 Å². The smallest absolute Gasteiger partial charge is 0.148 e. The minimum absolute atomic E-state index is 0. The van der Waals surface area contributed by atoms with E-state index in [-0.39, 0.29) is 30.5 Å². The van der Waals surface area contributed by atoms with Crippen LogP contribution in [0.4, 0.5) is 4.39 Å². The second-order valence-electron chi connectivity index (χ2n) is 5.97. The zero-order valence-electron chi connectivity index (χ0n) is 15.2. The van der Waals surface area contributed by atoms with Crippen LogP contribution in [0.1, 0.15) is 23.4 Å². The van der Waals surface area contributed by atoms with Crippen molar-refractivity contribution in [2.45, 2.75) is 12.1 Å². The van der Waals surface area contributed by atoms with Crippen molar-refractivity contribution in [2.24, 2.45) is 5.73 Å². The Kier molecular flexibility index (Phi) is 9.62. The van der Waals surface area contributed by atoms with E-state index in [1.165, 1.54) is 12.3 Å². The standard InChI is InChI=1S/C20H17Cl2FN2O2.2ClH/c1-27-14-4-2-3-11(7-14)13-9-17(23)19(25-10-13)20(26)18(24)12-5-6-15(21)16(22)8-12;;/h2-10,18,20,26H,24H2,1H3;2*1H. The Hall–Kier alpha value is -1.60. The Bertz CT molecular complexity index is 975. The molecule has 0 spiro atoms. The number of hydrogen-bond acceptors (Lipinski definition) is 4. The number of nitrogens with zero attached hydrogens (tertiary/aromatic N) is 1. The first-order valence-corrected chi connectivity index (χ1v) is 8.84. The molecule has 29 heavy (non-hydrogen) atoms. The van der Waals surface area contributed by atoms with Crippen molar-refractivity contribution >= 4 is 48.0 Å². The van der Waals surface area contributed by atoms with E-state index >= 15 is 0 Å². The molecule has 9 heteroatoms. The van der Waals surface area contributed by atoms with E-state index in [1.807, 2.05) is 6.07 Å². The first-order valence-electron chi connectivity index (χ1n) is 8.09. The van der Waals surface area contributed by atoms with Gasteiger partial charge in [0.15, 0.2) is 0 Å². The van der Waals surface area contributed by atoms with E-state index in [0.717, 1.165) is 5.56 Å². The Morgan fingerprint density at radius 3 is 2.38 bits per heavy atom. The maximum atomic E-state index is 14.6. The third kappa shape index (κ3) is 5.72. The van der Waals surface area contributed by atoms with Crippen molar-refractivity contribution < 1.29 is 14.2 Å². The summed E-state index contributed by atoms with van der Waals surface area (Å²) < 4.78 is 19.8. The number of pyridine rings is 1. The number of aliphatic hydroxyl groups is 1. The summed E-state index contributed by atoms with van der Waals surface area (Å²) in [5.41, 5.74) is 7.76. The summed E-state index contributed by atoms with van der Waals surface area (Å²) in [6.07, 6.45) is 0.138. The van der Waals surface area contributed by atoms with E-state index in [1.54, 1.807) is 43.5 Å². The largest absolute Gasteiger partial charge is 0.497 e. The van der Waals surface area contributed by atoms with Crippen molar-refractivity contribution in [3.05, 3.63) is 81.8 Å². The van der Waals surface area contributed by atoms with Crippen molar-refractivity contribution in [3.8, 4) is 16.9 Å². The predicted octanol–water partition coefficient (Wildman–Crippen LogP) is 5.78. The van der Waals surface area contributed by atoms with Crippen molar-refractivity contribution in [1.29, 1.82) is 0 Å². The normalized spacial score (nSPS) is 12.3. The summed E-state index contributed by atoms with van der Waals surface area (Å²) in [5.74, 6) is -0.00279. The first kappa shape index (κ1) is 25.4. The molecule has 0 bridgehead atoms. The molecule has 4 nitrogen and oxygen atoms in total. The maximum absolute atomic E-state index is 14.6. The average molecular weight is 480 g/mol. The Morgan fingerprint density at radius 2 is 1.76 bits per heavy atom. The summed E-state index contributed by atoms with van der Waals surface area (Å²) >= 11 is 11.9. The van der Waals surface area contributed by atoms with Gasteiger partial charge in [0, 0.05) is 11.8 Å². The second kappa shape index (κ2) is 11.0. The van der Waals surface area contributed by atoms with Gasteiger partial charge in [-0.2, -0.15) is 0 Å². The number of methoxy groups -OCH3 is 1. The zero-order valence-corrected chi connectivity index (χ0v) is 18.3. The number of rotatable bonds is 5. The molecule has 1 aromatic heterocycles. The molecule has 1 heterocycles. The summed E-state index contributed by atoms with van der Waals surface area (Å²) in [7, 11) is 1.56. The molecule has 0 fully saturated rings. The van der Waals surface area contributed by atoms with Gasteiger partial charge in [-0.3, -0.25) is 4.98 Å². The number of benzene rings is 2. The fourth-order valence-corrected chi connectivity index (χ4v) is 3.01. The maximum Gasteiger partial charge on any atom is 0.148 e. The van der Waals surface area contributed by atoms with E-state index < -0.39 is 18.0 Å².